The summed E-state index contributed by atoms with van der Waals surface area (Å²) >= 11 is 0. The number of ether oxygens (including phenoxy) is 1. The van der Waals surface area contributed by atoms with Gasteiger partial charge in [0, 0.05) is 12.5 Å². The van der Waals surface area contributed by atoms with Gasteiger partial charge in [-0.2, -0.15) is 0 Å². The second-order valence-corrected chi connectivity index (χ2v) is 7.77. The zero-order valence-corrected chi connectivity index (χ0v) is 15.3. The Bertz CT molecular complexity index is 784. The Morgan fingerprint density at radius 1 is 1.15 bits per heavy atom. The fourth-order valence-electron chi connectivity index (χ4n) is 4.12. The van der Waals surface area contributed by atoms with Crippen molar-refractivity contribution in [3.8, 4) is 11.1 Å². The van der Waals surface area contributed by atoms with Crippen LogP contribution in [0.3, 0.4) is 0 Å². The zero-order valence-electron chi connectivity index (χ0n) is 15.3. The van der Waals surface area contributed by atoms with Gasteiger partial charge in [0.1, 0.15) is 6.61 Å². The number of likely N-dealkylation sites (tertiary alicyclic amines) is 1. The molecule has 2 aromatic carbocycles. The van der Waals surface area contributed by atoms with E-state index in [0.717, 1.165) is 6.42 Å². The number of hydrogen-bond donors (Lipinski definition) is 1. The van der Waals surface area contributed by atoms with E-state index in [1.54, 1.807) is 11.8 Å². The van der Waals surface area contributed by atoms with Crippen LogP contribution in [0.1, 0.15) is 37.3 Å². The number of carbonyl (C=O) groups is 1. The summed E-state index contributed by atoms with van der Waals surface area (Å²) in [6.07, 6.45) is 0.455. The Morgan fingerprint density at radius 2 is 1.73 bits per heavy atom. The minimum atomic E-state index is -0.857. The van der Waals surface area contributed by atoms with Crippen LogP contribution in [-0.2, 0) is 4.74 Å². The summed E-state index contributed by atoms with van der Waals surface area (Å²) in [6, 6.07) is 16.6. The van der Waals surface area contributed by atoms with Gasteiger partial charge in [0.05, 0.1) is 12.1 Å². The van der Waals surface area contributed by atoms with Crippen molar-refractivity contribution in [2.24, 2.45) is 5.92 Å². The van der Waals surface area contributed by atoms with Crippen molar-refractivity contribution in [1.82, 2.24) is 4.90 Å². The Hall–Kier alpha value is -2.33. The van der Waals surface area contributed by atoms with Crippen LogP contribution in [0.4, 0.5) is 4.79 Å². The number of piperidine rings is 1. The zero-order chi connectivity index (χ0) is 18.3. The highest BCUT2D eigenvalue weighted by Gasteiger charge is 2.38. The Morgan fingerprint density at radius 3 is 2.31 bits per heavy atom. The lowest BCUT2D eigenvalue weighted by Gasteiger charge is -2.40. The summed E-state index contributed by atoms with van der Waals surface area (Å²) in [6.45, 7) is 5.09. The monoisotopic (exact) mass is 351 g/mol. The summed E-state index contributed by atoms with van der Waals surface area (Å²) in [5.74, 6) is 0.246. The first kappa shape index (κ1) is 17.1. The van der Waals surface area contributed by atoms with Crippen molar-refractivity contribution in [3.05, 3.63) is 59.7 Å². The first-order chi connectivity index (χ1) is 12.5. The fourth-order valence-corrected chi connectivity index (χ4v) is 4.12. The Kier molecular flexibility index (Phi) is 4.23. The molecule has 1 heterocycles. The van der Waals surface area contributed by atoms with Crippen LogP contribution in [0.5, 0.6) is 0 Å². The molecule has 2 aliphatic rings. The van der Waals surface area contributed by atoms with Crippen molar-refractivity contribution < 1.29 is 14.6 Å². The number of aliphatic hydroxyl groups is 1. The van der Waals surface area contributed by atoms with Gasteiger partial charge in [-0.05, 0) is 41.5 Å². The van der Waals surface area contributed by atoms with E-state index in [0.29, 0.717) is 19.7 Å². The lowest BCUT2D eigenvalue weighted by Crippen LogP contribution is -2.53. The number of carbonyl (C=O) groups excluding carboxylic acids is 1. The van der Waals surface area contributed by atoms with Crippen LogP contribution in [0.25, 0.3) is 11.1 Å². The molecule has 1 saturated heterocycles. The molecule has 0 spiro atoms. The molecule has 1 aliphatic carbocycles. The largest absolute Gasteiger partial charge is 0.448 e. The molecular weight excluding hydrogens is 326 g/mol. The molecule has 2 atom stereocenters. The SMILES string of the molecule is C[C@@H]1CCN(C(=O)OCC2c3ccccc3-c3ccccc32)C[C@]1(C)O. The summed E-state index contributed by atoms with van der Waals surface area (Å²) in [4.78, 5) is 14.2. The Labute approximate surface area is 154 Å². The minimum Gasteiger partial charge on any atom is -0.448 e. The summed E-state index contributed by atoms with van der Waals surface area (Å²) < 4.78 is 5.68. The lowest BCUT2D eigenvalue weighted by molar-refractivity contribution is -0.0535. The summed E-state index contributed by atoms with van der Waals surface area (Å²) in [5.41, 5.74) is 4.00. The van der Waals surface area contributed by atoms with Gasteiger partial charge in [0.2, 0.25) is 0 Å². The summed E-state index contributed by atoms with van der Waals surface area (Å²) in [5, 5.41) is 10.5. The van der Waals surface area contributed by atoms with E-state index in [2.05, 4.69) is 24.3 Å². The Balaban J connectivity index is 1.49. The van der Waals surface area contributed by atoms with Crippen LogP contribution in [0, 0.1) is 5.92 Å². The molecule has 4 nitrogen and oxygen atoms in total. The number of benzene rings is 2. The highest BCUT2D eigenvalue weighted by Crippen LogP contribution is 2.44. The van der Waals surface area contributed by atoms with Gasteiger partial charge < -0.3 is 14.7 Å². The number of rotatable bonds is 2. The standard InChI is InChI=1S/C22H25NO3/c1-15-11-12-23(14-22(15,2)25)21(24)26-13-20-18-9-5-3-7-16(18)17-8-4-6-10-19(17)20/h3-10,15,20,25H,11-14H2,1-2H3/t15-,22+/m1/s1. The van der Waals surface area contributed by atoms with Crippen molar-refractivity contribution >= 4 is 6.09 Å². The van der Waals surface area contributed by atoms with Crippen LogP contribution >= 0.6 is 0 Å². The van der Waals surface area contributed by atoms with Gasteiger partial charge >= 0.3 is 6.09 Å². The average Bonchev–Trinajstić information content (AvgIpc) is 2.96. The molecule has 0 unspecified atom stereocenters. The van der Waals surface area contributed by atoms with E-state index in [1.165, 1.54) is 22.3 Å². The molecule has 2 aromatic rings. The highest BCUT2D eigenvalue weighted by molar-refractivity contribution is 5.79. The van der Waals surface area contributed by atoms with Crippen LogP contribution in [0.15, 0.2) is 48.5 Å². The third-order valence-electron chi connectivity index (χ3n) is 6.00. The number of amides is 1. The molecule has 0 saturated carbocycles. The van der Waals surface area contributed by atoms with E-state index >= 15 is 0 Å². The van der Waals surface area contributed by atoms with Crippen LogP contribution in [0.2, 0.25) is 0 Å². The van der Waals surface area contributed by atoms with Gasteiger partial charge in [-0.15, -0.1) is 0 Å². The van der Waals surface area contributed by atoms with Gasteiger partial charge in [-0.3, -0.25) is 0 Å². The molecule has 136 valence electrons. The van der Waals surface area contributed by atoms with Crippen molar-refractivity contribution in [2.75, 3.05) is 19.7 Å². The highest BCUT2D eigenvalue weighted by atomic mass is 16.6. The third kappa shape index (κ3) is 2.88. The topological polar surface area (TPSA) is 49.8 Å². The number of β-amino-alcohol motifs (C(OH)–C–C–N with tert-alkyl or cyclic N) is 1. The normalized spacial score (nSPS) is 24.9. The van der Waals surface area contributed by atoms with Gasteiger partial charge in [0.25, 0.3) is 0 Å². The average molecular weight is 351 g/mol. The van der Waals surface area contributed by atoms with Crippen molar-refractivity contribution in [1.29, 1.82) is 0 Å². The predicted molar refractivity (Wildman–Crippen MR) is 101 cm³/mol. The van der Waals surface area contributed by atoms with E-state index in [4.69, 9.17) is 4.74 Å². The maximum absolute atomic E-state index is 12.6. The number of nitrogens with zero attached hydrogens (tertiary/aromatic N) is 1. The van der Waals surface area contributed by atoms with E-state index < -0.39 is 5.60 Å². The molecule has 0 aromatic heterocycles. The molecule has 1 amide bonds. The van der Waals surface area contributed by atoms with Crippen LogP contribution < -0.4 is 0 Å². The molecule has 4 rings (SSSR count). The second-order valence-electron chi connectivity index (χ2n) is 7.77. The quantitative estimate of drug-likeness (QED) is 0.889. The predicted octanol–water partition coefficient (Wildman–Crippen LogP) is 4.03. The molecular formula is C22H25NO3. The van der Waals surface area contributed by atoms with Crippen LogP contribution in [-0.4, -0.2) is 41.4 Å². The van der Waals surface area contributed by atoms with Gasteiger partial charge in [-0.25, -0.2) is 4.79 Å². The minimum absolute atomic E-state index is 0.0653. The molecule has 1 fully saturated rings. The van der Waals surface area contributed by atoms with Gasteiger partial charge in [-0.1, -0.05) is 55.5 Å². The van der Waals surface area contributed by atoms with Gasteiger partial charge in [0.15, 0.2) is 0 Å². The van der Waals surface area contributed by atoms with Crippen molar-refractivity contribution in [3.63, 3.8) is 0 Å². The third-order valence-corrected chi connectivity index (χ3v) is 6.00. The molecule has 1 N–H and O–H groups in total. The van der Waals surface area contributed by atoms with E-state index in [1.807, 2.05) is 31.2 Å². The maximum atomic E-state index is 12.6. The first-order valence-corrected chi connectivity index (χ1v) is 9.29. The van der Waals surface area contributed by atoms with E-state index in [9.17, 15) is 9.90 Å². The first-order valence-electron chi connectivity index (χ1n) is 9.29. The summed E-state index contributed by atoms with van der Waals surface area (Å²) in [7, 11) is 0. The molecule has 0 bridgehead atoms. The number of hydrogen-bond acceptors (Lipinski definition) is 3. The van der Waals surface area contributed by atoms with E-state index in [-0.39, 0.29) is 17.9 Å². The number of fused-ring (bicyclic) bond motifs is 3. The molecule has 4 heteroatoms. The van der Waals surface area contributed by atoms with Crippen molar-refractivity contribution in [2.45, 2.75) is 31.8 Å². The molecule has 26 heavy (non-hydrogen) atoms. The lowest BCUT2D eigenvalue weighted by atomic mass is 9.84. The second kappa shape index (κ2) is 6.44. The smallest absolute Gasteiger partial charge is 0.409 e. The molecule has 0 radical (unpaired) electrons. The fraction of sp³-hybridized carbons (Fsp3) is 0.409. The molecule has 1 aliphatic heterocycles. The maximum Gasteiger partial charge on any atom is 0.409 e.